The highest BCUT2D eigenvalue weighted by atomic mass is 16.5. The number of carbonyl (C=O) groups excluding carboxylic acids is 2. The Hall–Kier alpha value is -4.25. The lowest BCUT2D eigenvalue weighted by Crippen LogP contribution is -2.41. The van der Waals surface area contributed by atoms with Crippen LogP contribution >= 0.6 is 0 Å². The van der Waals surface area contributed by atoms with Crippen molar-refractivity contribution in [2.24, 2.45) is 5.73 Å². The number of methoxy groups -OCH3 is 2. The maximum Gasteiger partial charge on any atom is 0.355 e. The number of para-hydroxylation sites is 2. The largest absolute Gasteiger partial charge is 0.466 e. The molecule has 1 aliphatic heterocycles. The highest BCUT2D eigenvalue weighted by molar-refractivity contribution is 6.07. The molecular weight excluding hydrogens is 420 g/mol. The number of hydrogen-bond acceptors (Lipinski definition) is 8. The summed E-state index contributed by atoms with van der Waals surface area (Å²) >= 11 is 0. The Morgan fingerprint density at radius 2 is 1.67 bits per heavy atom. The van der Waals surface area contributed by atoms with Gasteiger partial charge in [-0.1, -0.05) is 42.5 Å². The van der Waals surface area contributed by atoms with E-state index in [-0.39, 0.29) is 22.7 Å². The molecule has 0 aromatic heterocycles. The molecule has 1 fully saturated rings. The molecule has 0 spiro atoms. The number of nitrogens with two attached hydrogens (primary N) is 1. The van der Waals surface area contributed by atoms with E-state index in [0.29, 0.717) is 17.3 Å². The molecule has 8 nitrogen and oxygen atoms in total. The lowest BCUT2D eigenvalue weighted by molar-refractivity contribution is -0.139. The van der Waals surface area contributed by atoms with E-state index in [9.17, 15) is 14.9 Å². The van der Waals surface area contributed by atoms with Gasteiger partial charge in [0.2, 0.25) is 0 Å². The number of nitrogens with zero attached hydrogens (tertiary/aromatic N) is 2. The first-order valence-corrected chi connectivity index (χ1v) is 10.5. The van der Waals surface area contributed by atoms with Crippen LogP contribution in [0.1, 0.15) is 24.3 Å². The number of hydrogen-bond donors (Lipinski definition) is 2. The van der Waals surface area contributed by atoms with Gasteiger partial charge in [-0.05, 0) is 30.5 Å². The van der Waals surface area contributed by atoms with Crippen LogP contribution in [0.2, 0.25) is 0 Å². The van der Waals surface area contributed by atoms with Crippen LogP contribution in [0, 0.1) is 11.3 Å². The second kappa shape index (κ2) is 9.09. The molecule has 0 radical (unpaired) electrons. The van der Waals surface area contributed by atoms with Crippen molar-refractivity contribution in [3.05, 3.63) is 82.8 Å². The van der Waals surface area contributed by atoms with Crippen LogP contribution in [0.5, 0.6) is 0 Å². The lowest BCUT2D eigenvalue weighted by Gasteiger charge is -2.36. The molecule has 0 bridgehead atoms. The molecule has 1 atom stereocenters. The molecule has 33 heavy (non-hydrogen) atoms. The quantitative estimate of drug-likeness (QED) is 0.653. The van der Waals surface area contributed by atoms with Crippen molar-refractivity contribution in [1.82, 2.24) is 0 Å². The highest BCUT2D eigenvalue weighted by Crippen LogP contribution is 2.45. The molecule has 1 unspecified atom stereocenters. The molecule has 2 aromatic carbocycles. The van der Waals surface area contributed by atoms with Crippen LogP contribution in [0.3, 0.4) is 0 Å². The smallest absolute Gasteiger partial charge is 0.355 e. The summed E-state index contributed by atoms with van der Waals surface area (Å²) in [5, 5.41) is 13.5. The molecule has 0 amide bonds. The first-order chi connectivity index (χ1) is 16.0. The first-order valence-electron chi connectivity index (χ1n) is 10.5. The van der Waals surface area contributed by atoms with Gasteiger partial charge in [-0.15, -0.1) is 0 Å². The third kappa shape index (κ3) is 4.01. The molecule has 0 saturated heterocycles. The minimum atomic E-state index is -0.891. The zero-order valence-corrected chi connectivity index (χ0v) is 18.4. The van der Waals surface area contributed by atoms with Gasteiger partial charge in [-0.2, -0.15) is 5.26 Å². The fourth-order valence-corrected chi connectivity index (χ4v) is 4.00. The fourth-order valence-electron chi connectivity index (χ4n) is 4.00. The van der Waals surface area contributed by atoms with E-state index in [0.717, 1.165) is 18.5 Å². The number of allylic oxidation sites excluding steroid dienone is 1. The van der Waals surface area contributed by atoms with Crippen LogP contribution < -0.4 is 16.0 Å². The van der Waals surface area contributed by atoms with Crippen LogP contribution in [0.15, 0.2) is 77.3 Å². The number of benzene rings is 2. The van der Waals surface area contributed by atoms with Crippen molar-refractivity contribution in [2.75, 3.05) is 24.4 Å². The number of nitrogens with one attached hydrogen (secondary N) is 1. The first kappa shape index (κ1) is 22.0. The van der Waals surface area contributed by atoms with E-state index in [1.807, 2.05) is 18.2 Å². The third-order valence-electron chi connectivity index (χ3n) is 5.69. The molecule has 4 rings (SSSR count). The number of ether oxygens (including phenoxy) is 2. The zero-order chi connectivity index (χ0) is 23.5. The SMILES string of the molecule is COC(=O)C1=C(C(=O)OC)N(c2ccccc2NC2CC2)C(N)=C(C#N)C1c1ccccc1. The van der Waals surface area contributed by atoms with E-state index in [1.165, 1.54) is 19.1 Å². The van der Waals surface area contributed by atoms with Gasteiger partial charge in [0.15, 0.2) is 0 Å². The summed E-state index contributed by atoms with van der Waals surface area (Å²) in [6.45, 7) is 0. The standard InChI is InChI=1S/C25H24N4O4/c1-32-24(30)21-20(15-8-4-3-5-9-15)17(14-26)23(27)29(22(21)25(31)33-2)19-11-7-6-10-18(19)28-16-12-13-16/h3-11,16,20,28H,12-13,27H2,1-2H3. The van der Waals surface area contributed by atoms with Gasteiger partial charge in [0.05, 0.1) is 48.7 Å². The van der Waals surface area contributed by atoms with E-state index < -0.39 is 17.9 Å². The molecule has 3 N–H and O–H groups in total. The van der Waals surface area contributed by atoms with Crippen LogP contribution in [-0.4, -0.2) is 32.2 Å². The molecule has 8 heteroatoms. The number of esters is 2. The minimum Gasteiger partial charge on any atom is -0.466 e. The summed E-state index contributed by atoms with van der Waals surface area (Å²) in [5.74, 6) is -2.36. The fraction of sp³-hybridized carbons (Fsp3) is 0.240. The molecular formula is C25H24N4O4. The Bertz CT molecular complexity index is 1190. The molecule has 1 heterocycles. The minimum absolute atomic E-state index is 0.0116. The van der Waals surface area contributed by atoms with Crippen molar-refractivity contribution >= 4 is 23.3 Å². The maximum atomic E-state index is 13.1. The molecule has 168 valence electrons. The predicted octanol–water partition coefficient (Wildman–Crippen LogP) is 3.16. The molecule has 1 saturated carbocycles. The predicted molar refractivity (Wildman–Crippen MR) is 123 cm³/mol. The van der Waals surface area contributed by atoms with Crippen LogP contribution in [0.4, 0.5) is 11.4 Å². The second-order valence-electron chi connectivity index (χ2n) is 7.77. The Morgan fingerprint density at radius 1 is 1.03 bits per heavy atom. The van der Waals surface area contributed by atoms with Crippen molar-refractivity contribution in [3.8, 4) is 6.07 Å². The topological polar surface area (TPSA) is 118 Å². The van der Waals surface area contributed by atoms with E-state index in [4.69, 9.17) is 15.2 Å². The van der Waals surface area contributed by atoms with Gasteiger partial charge >= 0.3 is 11.9 Å². The summed E-state index contributed by atoms with van der Waals surface area (Å²) in [4.78, 5) is 27.6. The summed E-state index contributed by atoms with van der Waals surface area (Å²) in [6.07, 6.45) is 2.07. The van der Waals surface area contributed by atoms with Gasteiger partial charge in [0.25, 0.3) is 0 Å². The number of nitriles is 1. The van der Waals surface area contributed by atoms with E-state index in [1.54, 1.807) is 36.4 Å². The van der Waals surface area contributed by atoms with Crippen LogP contribution in [0.25, 0.3) is 0 Å². The van der Waals surface area contributed by atoms with Crippen molar-refractivity contribution in [2.45, 2.75) is 24.8 Å². The van der Waals surface area contributed by atoms with E-state index >= 15 is 0 Å². The van der Waals surface area contributed by atoms with Crippen molar-refractivity contribution in [1.29, 1.82) is 5.26 Å². The summed E-state index contributed by atoms with van der Waals surface area (Å²) in [6, 6.07) is 18.7. The average molecular weight is 444 g/mol. The summed E-state index contributed by atoms with van der Waals surface area (Å²) < 4.78 is 10.1. The normalized spacial score (nSPS) is 18.0. The van der Waals surface area contributed by atoms with Gasteiger partial charge in [0, 0.05) is 6.04 Å². The zero-order valence-electron chi connectivity index (χ0n) is 18.4. The number of rotatable bonds is 6. The summed E-state index contributed by atoms with van der Waals surface area (Å²) in [7, 11) is 2.46. The van der Waals surface area contributed by atoms with Crippen LogP contribution in [-0.2, 0) is 19.1 Å². The molecule has 2 aromatic rings. The molecule has 1 aliphatic carbocycles. The number of carbonyl (C=O) groups is 2. The highest BCUT2D eigenvalue weighted by Gasteiger charge is 2.43. The maximum absolute atomic E-state index is 13.1. The Kier molecular flexibility index (Phi) is 6.05. The molecule has 2 aliphatic rings. The Labute approximate surface area is 191 Å². The second-order valence-corrected chi connectivity index (χ2v) is 7.77. The Morgan fingerprint density at radius 3 is 2.27 bits per heavy atom. The van der Waals surface area contributed by atoms with Crippen molar-refractivity contribution < 1.29 is 19.1 Å². The lowest BCUT2D eigenvalue weighted by atomic mass is 9.81. The van der Waals surface area contributed by atoms with Gasteiger partial charge in [0.1, 0.15) is 11.5 Å². The average Bonchev–Trinajstić information content (AvgIpc) is 3.67. The number of anilines is 2. The summed E-state index contributed by atoms with van der Waals surface area (Å²) in [5.41, 5.74) is 8.48. The van der Waals surface area contributed by atoms with Crippen molar-refractivity contribution in [3.63, 3.8) is 0 Å². The van der Waals surface area contributed by atoms with E-state index in [2.05, 4.69) is 11.4 Å². The monoisotopic (exact) mass is 444 g/mol. The van der Waals surface area contributed by atoms with Gasteiger partial charge in [-0.3, -0.25) is 4.90 Å². The Balaban J connectivity index is 2.02. The third-order valence-corrected chi connectivity index (χ3v) is 5.69. The van der Waals surface area contributed by atoms with Gasteiger partial charge < -0.3 is 20.5 Å². The van der Waals surface area contributed by atoms with Gasteiger partial charge in [-0.25, -0.2) is 9.59 Å².